The molecule has 5 nitrogen and oxygen atoms in total. The Hall–Kier alpha value is -2.24. The largest absolute Gasteiger partial charge is 0.494 e. The molecule has 0 saturated heterocycles. The molecule has 0 bridgehead atoms. The Balaban J connectivity index is 1.48. The van der Waals surface area contributed by atoms with Gasteiger partial charge in [-0.3, -0.25) is 9.59 Å². The number of hydrogen-bond acceptors (Lipinski definition) is 4. The molecule has 1 aliphatic rings. The Morgan fingerprint density at radius 2 is 1.79 bits per heavy atom. The number of ether oxygens (including phenoxy) is 2. The normalized spacial score (nSPS) is 13.1. The van der Waals surface area contributed by atoms with Gasteiger partial charge in [0.05, 0.1) is 17.9 Å². The van der Waals surface area contributed by atoms with Crippen molar-refractivity contribution in [2.24, 2.45) is 0 Å². The summed E-state index contributed by atoms with van der Waals surface area (Å²) >= 11 is 12.0. The van der Waals surface area contributed by atoms with Crippen LogP contribution in [0.2, 0.25) is 10.0 Å². The molecule has 1 aliphatic heterocycles. The number of anilines is 1. The number of Topliss-reactive ketones (excluding diaryl/α,β-unsaturated/α-hetero) is 1. The van der Waals surface area contributed by atoms with Crippen LogP contribution in [0.5, 0.6) is 11.5 Å². The van der Waals surface area contributed by atoms with Crippen LogP contribution in [0.25, 0.3) is 0 Å². The van der Waals surface area contributed by atoms with Crippen molar-refractivity contribution >= 4 is 40.6 Å². The quantitative estimate of drug-likeness (QED) is 0.382. The van der Waals surface area contributed by atoms with Crippen molar-refractivity contribution in [1.29, 1.82) is 0 Å². The SMILES string of the molecule is CC(=O)c1cc(Cl)cc2c1OCC(=O)N2CCCCCCOc1ccc(Cl)cc1. The van der Waals surface area contributed by atoms with Crippen molar-refractivity contribution in [1.82, 2.24) is 0 Å². The van der Waals surface area contributed by atoms with E-state index in [0.717, 1.165) is 31.4 Å². The van der Waals surface area contributed by atoms with Gasteiger partial charge in [-0.15, -0.1) is 0 Å². The lowest BCUT2D eigenvalue weighted by atomic mass is 10.1. The number of rotatable bonds is 9. The van der Waals surface area contributed by atoms with E-state index in [1.807, 2.05) is 12.1 Å². The Bertz CT molecular complexity index is 883. The lowest BCUT2D eigenvalue weighted by Crippen LogP contribution is -2.39. The van der Waals surface area contributed by atoms with E-state index in [9.17, 15) is 9.59 Å². The molecule has 2 aromatic carbocycles. The third kappa shape index (κ3) is 5.64. The van der Waals surface area contributed by atoms with Crippen molar-refractivity contribution < 1.29 is 19.1 Å². The molecule has 0 fully saturated rings. The molecule has 154 valence electrons. The molecule has 29 heavy (non-hydrogen) atoms. The first-order chi connectivity index (χ1) is 14.0. The third-order valence-corrected chi connectivity index (χ3v) is 5.17. The van der Waals surface area contributed by atoms with Gasteiger partial charge in [0.25, 0.3) is 5.91 Å². The van der Waals surface area contributed by atoms with E-state index in [2.05, 4.69) is 0 Å². The number of amides is 1. The van der Waals surface area contributed by atoms with Gasteiger partial charge in [0.15, 0.2) is 18.1 Å². The van der Waals surface area contributed by atoms with Crippen LogP contribution in [0, 0.1) is 0 Å². The minimum absolute atomic E-state index is 0.0656. The first kappa shape index (κ1) is 21.5. The second-order valence-electron chi connectivity index (χ2n) is 6.91. The summed E-state index contributed by atoms with van der Waals surface area (Å²) in [4.78, 5) is 25.9. The number of unbranched alkanes of at least 4 members (excludes halogenated alkanes) is 3. The second-order valence-corrected chi connectivity index (χ2v) is 7.78. The van der Waals surface area contributed by atoms with Gasteiger partial charge in [-0.05, 0) is 56.2 Å². The fourth-order valence-electron chi connectivity index (χ4n) is 3.23. The number of hydrogen-bond donors (Lipinski definition) is 0. The van der Waals surface area contributed by atoms with Crippen LogP contribution in [0.3, 0.4) is 0 Å². The van der Waals surface area contributed by atoms with Crippen LogP contribution in [0.1, 0.15) is 43.0 Å². The maximum absolute atomic E-state index is 12.3. The Morgan fingerprint density at radius 1 is 1.07 bits per heavy atom. The highest BCUT2D eigenvalue weighted by atomic mass is 35.5. The average Bonchev–Trinajstić information content (AvgIpc) is 2.69. The van der Waals surface area contributed by atoms with Gasteiger partial charge >= 0.3 is 0 Å². The maximum atomic E-state index is 12.3. The fraction of sp³-hybridized carbons (Fsp3) is 0.364. The predicted molar refractivity (Wildman–Crippen MR) is 115 cm³/mol. The van der Waals surface area contributed by atoms with Crippen LogP contribution in [0.4, 0.5) is 5.69 Å². The zero-order valence-corrected chi connectivity index (χ0v) is 17.8. The summed E-state index contributed by atoms with van der Waals surface area (Å²) in [6.45, 7) is 2.59. The smallest absolute Gasteiger partial charge is 0.265 e. The number of ketones is 1. The summed E-state index contributed by atoms with van der Waals surface area (Å²) in [6.07, 6.45) is 3.72. The monoisotopic (exact) mass is 435 g/mol. The van der Waals surface area contributed by atoms with Gasteiger partial charge in [0.2, 0.25) is 0 Å². The lowest BCUT2D eigenvalue weighted by Gasteiger charge is -2.30. The molecular formula is C22H23Cl2NO4. The Labute approximate surface area is 180 Å². The zero-order chi connectivity index (χ0) is 20.8. The van der Waals surface area contributed by atoms with Crippen LogP contribution in [-0.4, -0.2) is 31.4 Å². The molecule has 1 amide bonds. The number of fused-ring (bicyclic) bond motifs is 1. The molecular weight excluding hydrogens is 413 g/mol. The van der Waals surface area contributed by atoms with E-state index in [4.69, 9.17) is 32.7 Å². The maximum Gasteiger partial charge on any atom is 0.265 e. The minimum Gasteiger partial charge on any atom is -0.494 e. The molecule has 0 radical (unpaired) electrons. The second kappa shape index (κ2) is 9.99. The van der Waals surface area contributed by atoms with E-state index in [0.29, 0.717) is 40.2 Å². The highest BCUT2D eigenvalue weighted by Crippen LogP contribution is 2.38. The van der Waals surface area contributed by atoms with Gasteiger partial charge in [-0.25, -0.2) is 0 Å². The molecule has 0 spiro atoms. The number of carbonyl (C=O) groups is 2. The predicted octanol–water partition coefficient (Wildman–Crippen LogP) is 5.56. The van der Waals surface area contributed by atoms with Crippen LogP contribution in [0.15, 0.2) is 36.4 Å². The standard InChI is InChI=1S/C22H23Cl2NO4/c1-15(26)19-12-17(24)13-20-22(19)29-14-21(27)25(20)10-4-2-3-5-11-28-18-8-6-16(23)7-9-18/h6-9,12-13H,2-5,10-11,14H2,1H3. The summed E-state index contributed by atoms with van der Waals surface area (Å²) in [5, 5.41) is 1.10. The summed E-state index contributed by atoms with van der Waals surface area (Å²) in [7, 11) is 0. The molecule has 0 N–H and O–H groups in total. The lowest BCUT2D eigenvalue weighted by molar-refractivity contribution is -0.121. The van der Waals surface area contributed by atoms with Crippen molar-refractivity contribution in [3.8, 4) is 11.5 Å². The molecule has 0 aliphatic carbocycles. The number of benzene rings is 2. The Morgan fingerprint density at radius 3 is 2.52 bits per heavy atom. The first-order valence-corrected chi connectivity index (χ1v) is 10.4. The number of nitrogens with zero attached hydrogens (tertiary/aromatic N) is 1. The van der Waals surface area contributed by atoms with E-state index in [1.54, 1.807) is 29.2 Å². The van der Waals surface area contributed by atoms with E-state index < -0.39 is 0 Å². The van der Waals surface area contributed by atoms with Crippen molar-refractivity contribution in [2.75, 3.05) is 24.7 Å². The highest BCUT2D eigenvalue weighted by molar-refractivity contribution is 6.31. The molecule has 0 saturated carbocycles. The molecule has 0 atom stereocenters. The van der Waals surface area contributed by atoms with Crippen LogP contribution >= 0.6 is 23.2 Å². The first-order valence-electron chi connectivity index (χ1n) is 9.61. The highest BCUT2D eigenvalue weighted by Gasteiger charge is 2.28. The van der Waals surface area contributed by atoms with E-state index in [-0.39, 0.29) is 18.3 Å². The average molecular weight is 436 g/mol. The Kier molecular flexibility index (Phi) is 7.40. The van der Waals surface area contributed by atoms with Crippen LogP contribution < -0.4 is 14.4 Å². The van der Waals surface area contributed by atoms with Gasteiger partial charge < -0.3 is 14.4 Å². The van der Waals surface area contributed by atoms with Crippen molar-refractivity contribution in [2.45, 2.75) is 32.6 Å². The molecule has 0 unspecified atom stereocenters. The number of carbonyl (C=O) groups excluding carboxylic acids is 2. The third-order valence-electron chi connectivity index (χ3n) is 4.70. The van der Waals surface area contributed by atoms with Gasteiger partial charge in [-0.1, -0.05) is 36.0 Å². The van der Waals surface area contributed by atoms with Crippen LogP contribution in [-0.2, 0) is 4.79 Å². The van der Waals surface area contributed by atoms with E-state index in [1.165, 1.54) is 6.92 Å². The van der Waals surface area contributed by atoms with Crippen molar-refractivity contribution in [3.05, 3.63) is 52.0 Å². The summed E-state index contributed by atoms with van der Waals surface area (Å²) < 4.78 is 11.2. The molecule has 2 aromatic rings. The fourth-order valence-corrected chi connectivity index (χ4v) is 3.57. The number of halogens is 2. The summed E-state index contributed by atoms with van der Waals surface area (Å²) in [5.74, 6) is 0.986. The van der Waals surface area contributed by atoms with Gasteiger partial charge in [-0.2, -0.15) is 0 Å². The molecule has 7 heteroatoms. The van der Waals surface area contributed by atoms with Gasteiger partial charge in [0, 0.05) is 16.6 Å². The van der Waals surface area contributed by atoms with Gasteiger partial charge in [0.1, 0.15) is 5.75 Å². The molecule has 0 aromatic heterocycles. The summed E-state index contributed by atoms with van der Waals surface area (Å²) in [5.41, 5.74) is 0.981. The zero-order valence-electron chi connectivity index (χ0n) is 16.2. The molecule has 1 heterocycles. The topological polar surface area (TPSA) is 55.8 Å². The minimum atomic E-state index is -0.140. The summed E-state index contributed by atoms with van der Waals surface area (Å²) in [6, 6.07) is 10.6. The van der Waals surface area contributed by atoms with Crippen molar-refractivity contribution in [3.63, 3.8) is 0 Å². The molecule has 3 rings (SSSR count). The van der Waals surface area contributed by atoms with E-state index >= 15 is 0 Å².